The van der Waals surface area contributed by atoms with Crippen LogP contribution in [0.2, 0.25) is 0 Å². The van der Waals surface area contributed by atoms with E-state index in [0.717, 1.165) is 36.7 Å². The van der Waals surface area contributed by atoms with Gasteiger partial charge in [-0.25, -0.2) is 0 Å². The van der Waals surface area contributed by atoms with Gasteiger partial charge in [0.1, 0.15) is 0 Å². The molecule has 0 saturated heterocycles. The maximum Gasteiger partial charge on any atom is 0.269 e. The third kappa shape index (κ3) is 3.48. The molecule has 4 rings (SSSR count). The summed E-state index contributed by atoms with van der Waals surface area (Å²) in [5.41, 5.74) is 4.74. The van der Waals surface area contributed by atoms with Gasteiger partial charge in [0.25, 0.3) is 11.6 Å². The van der Waals surface area contributed by atoms with Crippen molar-refractivity contribution in [2.24, 2.45) is 0 Å². The van der Waals surface area contributed by atoms with Crippen molar-refractivity contribution in [1.82, 2.24) is 10.3 Å². The number of nitro groups is 1. The minimum atomic E-state index is -0.481. The molecule has 1 aliphatic carbocycles. The number of H-pyrrole nitrogens is 1. The third-order valence-corrected chi connectivity index (χ3v) is 5.28. The molecular weight excluding hydrogens is 356 g/mol. The van der Waals surface area contributed by atoms with Gasteiger partial charge in [-0.05, 0) is 61.7 Å². The zero-order valence-electron chi connectivity index (χ0n) is 15.6. The summed E-state index contributed by atoms with van der Waals surface area (Å²) in [7, 11) is 0. The first-order valence-electron chi connectivity index (χ1n) is 9.48. The maximum atomic E-state index is 12.5. The lowest BCUT2D eigenvalue weighted by molar-refractivity contribution is -0.384. The summed E-state index contributed by atoms with van der Waals surface area (Å²) >= 11 is 0. The number of benzene rings is 2. The van der Waals surface area contributed by atoms with Crippen LogP contribution in [0.15, 0.2) is 42.5 Å². The number of rotatable bonds is 5. The zero-order valence-corrected chi connectivity index (χ0v) is 15.6. The van der Waals surface area contributed by atoms with Crippen LogP contribution in [-0.4, -0.2) is 28.4 Å². The number of nitrogens with zero attached hydrogens (tertiary/aromatic N) is 1. The molecule has 1 heterocycles. The number of amides is 1. The molecule has 1 aromatic heterocycles. The summed E-state index contributed by atoms with van der Waals surface area (Å²) in [6.07, 6.45) is 3.12. The Balaban J connectivity index is 1.57. The first-order valence-corrected chi connectivity index (χ1v) is 9.48. The van der Waals surface area contributed by atoms with E-state index in [1.54, 1.807) is 0 Å². The fourth-order valence-corrected chi connectivity index (χ4v) is 3.90. The number of aryl methyl sites for hydroxylation is 1. The van der Waals surface area contributed by atoms with Crippen LogP contribution < -0.4 is 10.6 Å². The third-order valence-electron chi connectivity index (χ3n) is 5.28. The Morgan fingerprint density at radius 2 is 2.04 bits per heavy atom. The van der Waals surface area contributed by atoms with Crippen molar-refractivity contribution in [1.29, 1.82) is 0 Å². The monoisotopic (exact) mass is 378 g/mol. The smallest absolute Gasteiger partial charge is 0.269 e. The van der Waals surface area contributed by atoms with Crippen LogP contribution in [0.4, 0.5) is 11.4 Å². The normalized spacial score (nSPS) is 16.0. The lowest BCUT2D eigenvalue weighted by Gasteiger charge is -2.23. The number of likely N-dealkylation sites (N-methyl/N-ethyl adjacent to an activating group) is 1. The summed E-state index contributed by atoms with van der Waals surface area (Å²) < 4.78 is 0. The van der Waals surface area contributed by atoms with E-state index in [9.17, 15) is 14.9 Å². The van der Waals surface area contributed by atoms with Gasteiger partial charge in [0.05, 0.1) is 4.92 Å². The van der Waals surface area contributed by atoms with E-state index in [-0.39, 0.29) is 11.6 Å². The second-order valence-electron chi connectivity index (χ2n) is 7.10. The topological polar surface area (TPSA) is 100 Å². The first kappa shape index (κ1) is 18.2. The molecule has 2 aromatic carbocycles. The van der Waals surface area contributed by atoms with Gasteiger partial charge in [-0.3, -0.25) is 14.9 Å². The van der Waals surface area contributed by atoms with Crippen LogP contribution in [0.1, 0.15) is 35.0 Å². The number of aromatic nitrogens is 1. The number of non-ortho nitro benzene ring substituents is 1. The molecule has 3 aromatic rings. The number of hydrogen-bond acceptors (Lipinski definition) is 4. The number of aromatic amines is 1. The predicted molar refractivity (Wildman–Crippen MR) is 109 cm³/mol. The zero-order chi connectivity index (χ0) is 19.7. The van der Waals surface area contributed by atoms with Crippen molar-refractivity contribution in [3.63, 3.8) is 0 Å². The maximum absolute atomic E-state index is 12.5. The number of carbonyl (C=O) groups excluding carboxylic acids is 1. The molecule has 1 atom stereocenters. The van der Waals surface area contributed by atoms with Crippen LogP contribution in [0.3, 0.4) is 0 Å². The van der Waals surface area contributed by atoms with E-state index in [0.29, 0.717) is 17.3 Å². The van der Waals surface area contributed by atoms with E-state index in [4.69, 9.17) is 0 Å². The van der Waals surface area contributed by atoms with Gasteiger partial charge < -0.3 is 15.6 Å². The van der Waals surface area contributed by atoms with Crippen LogP contribution in [0, 0.1) is 10.1 Å². The average Bonchev–Trinajstić information content (AvgIpc) is 3.06. The van der Waals surface area contributed by atoms with Gasteiger partial charge in [0, 0.05) is 46.0 Å². The molecule has 7 heteroatoms. The van der Waals surface area contributed by atoms with Gasteiger partial charge in [0.15, 0.2) is 0 Å². The Morgan fingerprint density at radius 1 is 1.25 bits per heavy atom. The fraction of sp³-hybridized carbons (Fsp3) is 0.286. The molecule has 3 N–H and O–H groups in total. The van der Waals surface area contributed by atoms with E-state index in [1.807, 2.05) is 18.2 Å². The Labute approximate surface area is 162 Å². The lowest BCUT2D eigenvalue weighted by Crippen LogP contribution is -2.34. The van der Waals surface area contributed by atoms with Crippen LogP contribution in [-0.2, 0) is 12.8 Å². The predicted octanol–water partition coefficient (Wildman–Crippen LogP) is 3.80. The van der Waals surface area contributed by atoms with Crippen molar-refractivity contribution in [3.05, 3.63) is 69.4 Å². The molecular formula is C21H22N4O3. The van der Waals surface area contributed by atoms with Crippen molar-refractivity contribution < 1.29 is 9.72 Å². The molecule has 0 radical (unpaired) electrons. The van der Waals surface area contributed by atoms with Gasteiger partial charge >= 0.3 is 0 Å². The molecule has 0 fully saturated rings. The van der Waals surface area contributed by atoms with Gasteiger partial charge in [0.2, 0.25) is 0 Å². The molecule has 0 spiro atoms. The molecule has 0 bridgehead atoms. The molecule has 1 amide bonds. The standard InChI is InChI=1S/C21H22N4O3/c1-2-22-14-5-9-19-17(11-14)18-12-15(6-10-20(18)24-19)23-21(26)13-3-7-16(8-4-13)25(27)28/h3-4,6-8,10,12,14,22,24H,2,5,9,11H2,1H3,(H,23,26). The van der Waals surface area contributed by atoms with Crippen molar-refractivity contribution >= 4 is 28.2 Å². The van der Waals surface area contributed by atoms with Gasteiger partial charge in [-0.15, -0.1) is 0 Å². The highest BCUT2D eigenvalue weighted by Gasteiger charge is 2.22. The number of nitrogens with one attached hydrogen (secondary N) is 3. The summed E-state index contributed by atoms with van der Waals surface area (Å²) in [6.45, 7) is 3.08. The summed E-state index contributed by atoms with van der Waals surface area (Å²) in [5, 5.41) is 18.3. The first-order chi connectivity index (χ1) is 13.5. The highest BCUT2D eigenvalue weighted by Crippen LogP contribution is 2.31. The highest BCUT2D eigenvalue weighted by molar-refractivity contribution is 6.05. The largest absolute Gasteiger partial charge is 0.358 e. The van der Waals surface area contributed by atoms with Gasteiger partial charge in [-0.1, -0.05) is 6.92 Å². The number of fused-ring (bicyclic) bond motifs is 3. The molecule has 1 unspecified atom stereocenters. The Morgan fingerprint density at radius 3 is 2.75 bits per heavy atom. The summed E-state index contributed by atoms with van der Waals surface area (Å²) in [6, 6.07) is 11.9. The molecule has 7 nitrogen and oxygen atoms in total. The Hall–Kier alpha value is -3.19. The summed E-state index contributed by atoms with van der Waals surface area (Å²) in [4.78, 5) is 26.3. The molecule has 1 aliphatic rings. The highest BCUT2D eigenvalue weighted by atomic mass is 16.6. The molecule has 144 valence electrons. The SMILES string of the molecule is CCNC1CCc2[nH]c3ccc(NC(=O)c4ccc([N+](=O)[O-])cc4)cc3c2C1. The van der Waals surface area contributed by atoms with Crippen LogP contribution in [0.25, 0.3) is 10.9 Å². The van der Waals surface area contributed by atoms with Crippen molar-refractivity contribution in [3.8, 4) is 0 Å². The van der Waals surface area contributed by atoms with E-state index >= 15 is 0 Å². The van der Waals surface area contributed by atoms with Crippen molar-refractivity contribution in [2.75, 3.05) is 11.9 Å². The average molecular weight is 378 g/mol. The Bertz CT molecular complexity index is 1040. The van der Waals surface area contributed by atoms with Crippen LogP contribution >= 0.6 is 0 Å². The minimum Gasteiger partial charge on any atom is -0.358 e. The molecule has 0 saturated carbocycles. The minimum absolute atomic E-state index is 0.0350. The lowest BCUT2D eigenvalue weighted by atomic mass is 9.91. The Kier molecular flexibility index (Phi) is 4.83. The van der Waals surface area contributed by atoms with Gasteiger partial charge in [-0.2, -0.15) is 0 Å². The molecule has 0 aliphatic heterocycles. The number of anilines is 1. The number of hydrogen-bond donors (Lipinski definition) is 3. The van der Waals surface area contributed by atoms with E-state index in [2.05, 4.69) is 22.5 Å². The van der Waals surface area contributed by atoms with Crippen LogP contribution in [0.5, 0.6) is 0 Å². The fourth-order valence-electron chi connectivity index (χ4n) is 3.90. The quantitative estimate of drug-likeness (QED) is 0.464. The number of carbonyl (C=O) groups is 1. The molecule has 28 heavy (non-hydrogen) atoms. The van der Waals surface area contributed by atoms with Crippen molar-refractivity contribution in [2.45, 2.75) is 32.2 Å². The second kappa shape index (κ2) is 7.44. The van der Waals surface area contributed by atoms with E-state index in [1.165, 1.54) is 35.5 Å². The van der Waals surface area contributed by atoms with E-state index < -0.39 is 4.92 Å². The second-order valence-corrected chi connectivity index (χ2v) is 7.10. The number of nitro benzene ring substituents is 1. The summed E-state index contributed by atoms with van der Waals surface area (Å²) in [5.74, 6) is -0.288.